The van der Waals surface area contributed by atoms with E-state index in [4.69, 9.17) is 34.3 Å². The van der Waals surface area contributed by atoms with E-state index >= 15 is 0 Å². The van der Waals surface area contributed by atoms with E-state index in [1.165, 1.54) is 17.5 Å². The van der Waals surface area contributed by atoms with Crippen molar-refractivity contribution < 1.29 is 34.4 Å². The molecule has 2 aromatic rings. The van der Waals surface area contributed by atoms with E-state index in [2.05, 4.69) is 27.8 Å². The smallest absolute Gasteiger partial charge is 0.300 e. The number of benzene rings is 1. The molecule has 3 atom stereocenters. The molecule has 10 heteroatoms. The first-order valence-electron chi connectivity index (χ1n) is 12.3. The lowest BCUT2D eigenvalue weighted by Gasteiger charge is -2.34. The van der Waals surface area contributed by atoms with Gasteiger partial charge in [-0.25, -0.2) is 4.98 Å². The van der Waals surface area contributed by atoms with Gasteiger partial charge in [-0.2, -0.15) is 0 Å². The Labute approximate surface area is 211 Å². The van der Waals surface area contributed by atoms with Crippen LogP contribution in [-0.2, 0) is 27.2 Å². The van der Waals surface area contributed by atoms with E-state index in [0.29, 0.717) is 12.1 Å². The van der Waals surface area contributed by atoms with Crippen molar-refractivity contribution in [2.45, 2.75) is 64.1 Å². The van der Waals surface area contributed by atoms with Crippen molar-refractivity contribution in [3.63, 3.8) is 0 Å². The summed E-state index contributed by atoms with van der Waals surface area (Å²) in [6.45, 7) is 5.03. The van der Waals surface area contributed by atoms with Crippen molar-refractivity contribution in [3.8, 4) is 17.1 Å². The van der Waals surface area contributed by atoms with Crippen molar-refractivity contribution in [2.24, 2.45) is 0 Å². The van der Waals surface area contributed by atoms with Crippen LogP contribution < -0.4 is 4.74 Å². The van der Waals surface area contributed by atoms with Gasteiger partial charge in [-0.3, -0.25) is 14.5 Å². The third kappa shape index (κ3) is 7.05. The predicted molar refractivity (Wildman–Crippen MR) is 133 cm³/mol. The minimum atomic E-state index is -0.833. The molecule has 1 aliphatic carbocycles. The first kappa shape index (κ1) is 27.6. The van der Waals surface area contributed by atoms with E-state index in [9.17, 15) is 5.11 Å². The van der Waals surface area contributed by atoms with Gasteiger partial charge in [-0.1, -0.05) is 0 Å². The van der Waals surface area contributed by atoms with E-state index in [1.54, 1.807) is 7.11 Å². The largest absolute Gasteiger partial charge is 0.496 e. The highest BCUT2D eigenvalue weighted by Gasteiger charge is 2.38. The van der Waals surface area contributed by atoms with Crippen LogP contribution in [0.3, 0.4) is 0 Å². The van der Waals surface area contributed by atoms with Gasteiger partial charge in [0.1, 0.15) is 11.6 Å². The molecule has 3 N–H and O–H groups in total. The first-order chi connectivity index (χ1) is 17.2. The number of aliphatic carboxylic acids is 2. The molecule has 1 aromatic heterocycles. The third-order valence-corrected chi connectivity index (χ3v) is 6.64. The second kappa shape index (κ2) is 12.8. The number of aryl methyl sites for hydroxylation is 2. The molecule has 0 radical (unpaired) electrons. The standard InChI is InChI=1S/C22H29N3O3.2C2H4O2/c1-27-21-10-16-4-2-3-15(16)9-20(21)22-23-6-7-25(22)17-11-18-14-28-19(5-8-26)13-24(18)12-17;2*1-2(3)4/h6-7,9-10,17-19,26H,2-5,8,11-14H2,1H3;2*1H3,(H,3,4)/t17-,18+,19+;;/m1../s1. The molecule has 3 aliphatic rings. The van der Waals surface area contributed by atoms with Crippen molar-refractivity contribution in [2.75, 3.05) is 33.4 Å². The highest BCUT2D eigenvalue weighted by atomic mass is 16.5. The van der Waals surface area contributed by atoms with Crippen molar-refractivity contribution in [1.82, 2.24) is 14.5 Å². The van der Waals surface area contributed by atoms with Crippen LogP contribution in [0.1, 0.15) is 50.3 Å². The number of imidazole rings is 1. The molecule has 2 saturated heterocycles. The number of aliphatic hydroxyl groups is 1. The van der Waals surface area contributed by atoms with Gasteiger partial charge in [0.05, 0.1) is 25.4 Å². The maximum absolute atomic E-state index is 9.22. The number of carbonyl (C=O) groups is 2. The fourth-order valence-electron chi connectivity index (χ4n) is 5.20. The molecule has 2 aliphatic heterocycles. The predicted octanol–water partition coefficient (Wildman–Crippen LogP) is 2.63. The Morgan fingerprint density at radius 1 is 1.11 bits per heavy atom. The van der Waals surface area contributed by atoms with Gasteiger partial charge < -0.3 is 29.4 Å². The molecule has 0 amide bonds. The monoisotopic (exact) mass is 503 g/mol. The van der Waals surface area contributed by atoms with Gasteiger partial charge >= 0.3 is 0 Å². The van der Waals surface area contributed by atoms with Gasteiger partial charge in [0.2, 0.25) is 0 Å². The Hall–Kier alpha value is -2.95. The van der Waals surface area contributed by atoms with Crippen LogP contribution in [0.2, 0.25) is 0 Å². The number of morpholine rings is 1. The Morgan fingerprint density at radius 3 is 2.42 bits per heavy atom. The van der Waals surface area contributed by atoms with Crippen molar-refractivity contribution in [1.29, 1.82) is 0 Å². The minimum absolute atomic E-state index is 0.152. The summed E-state index contributed by atoms with van der Waals surface area (Å²) in [5.41, 5.74) is 3.96. The Balaban J connectivity index is 0.000000398. The average Bonchev–Trinajstić information content (AvgIpc) is 3.55. The molecule has 1 aromatic carbocycles. The van der Waals surface area contributed by atoms with Gasteiger partial charge in [-0.05, 0) is 55.4 Å². The fraction of sp³-hybridized carbons (Fsp3) is 0.577. The SMILES string of the molecule is CC(=O)O.CC(=O)O.COc1cc2c(cc1-c1nccn1[C@@H]1C[C@H]3CO[C@@H](CCO)CN3C1)CCC2. The molecule has 36 heavy (non-hydrogen) atoms. The second-order valence-corrected chi connectivity index (χ2v) is 9.34. The lowest BCUT2D eigenvalue weighted by Crippen LogP contribution is -2.46. The lowest BCUT2D eigenvalue weighted by molar-refractivity contribution is -0.135. The highest BCUT2D eigenvalue weighted by Crippen LogP contribution is 2.39. The third-order valence-electron chi connectivity index (χ3n) is 6.64. The first-order valence-corrected chi connectivity index (χ1v) is 12.3. The zero-order valence-corrected chi connectivity index (χ0v) is 21.2. The number of hydrogen-bond acceptors (Lipinski definition) is 7. The van der Waals surface area contributed by atoms with Crippen LogP contribution in [-0.4, -0.2) is 87.3 Å². The molecule has 0 bridgehead atoms. The highest BCUT2D eigenvalue weighted by molar-refractivity contribution is 5.68. The van der Waals surface area contributed by atoms with Crippen LogP contribution >= 0.6 is 0 Å². The van der Waals surface area contributed by atoms with Crippen LogP contribution in [0, 0.1) is 0 Å². The van der Waals surface area contributed by atoms with Gasteiger partial charge in [0.25, 0.3) is 11.9 Å². The molecular formula is C26H37N3O7. The van der Waals surface area contributed by atoms with Gasteiger partial charge in [0.15, 0.2) is 0 Å². The van der Waals surface area contributed by atoms with Gasteiger partial charge in [0, 0.05) is 58.0 Å². The molecule has 0 saturated carbocycles. The number of aromatic nitrogens is 2. The van der Waals surface area contributed by atoms with Crippen LogP contribution in [0.4, 0.5) is 0 Å². The zero-order chi connectivity index (χ0) is 26.2. The van der Waals surface area contributed by atoms with E-state index in [-0.39, 0.29) is 12.7 Å². The van der Waals surface area contributed by atoms with Crippen LogP contribution in [0.5, 0.6) is 5.75 Å². The summed E-state index contributed by atoms with van der Waals surface area (Å²) in [6.07, 6.45) is 9.48. The number of nitrogens with zero attached hydrogens (tertiary/aromatic N) is 3. The second-order valence-electron chi connectivity index (χ2n) is 9.34. The molecule has 3 heterocycles. The number of carboxylic acid groups (broad SMARTS) is 2. The van der Waals surface area contributed by atoms with Crippen molar-refractivity contribution in [3.05, 3.63) is 35.7 Å². The van der Waals surface area contributed by atoms with E-state index < -0.39 is 11.9 Å². The summed E-state index contributed by atoms with van der Waals surface area (Å²) in [5.74, 6) is 0.263. The molecular weight excluding hydrogens is 466 g/mol. The number of rotatable bonds is 5. The summed E-state index contributed by atoms with van der Waals surface area (Å²) < 4.78 is 14.0. The summed E-state index contributed by atoms with van der Waals surface area (Å²) in [5, 5.41) is 24.1. The Kier molecular flexibility index (Phi) is 9.86. The fourth-order valence-corrected chi connectivity index (χ4v) is 5.20. The quantitative estimate of drug-likeness (QED) is 0.563. The molecule has 2 fully saturated rings. The maximum atomic E-state index is 9.22. The summed E-state index contributed by atoms with van der Waals surface area (Å²) in [4.78, 5) is 25.3. The van der Waals surface area contributed by atoms with E-state index in [1.807, 2.05) is 6.20 Å². The molecule has 5 rings (SSSR count). The normalized spacial score (nSPS) is 22.4. The molecule has 198 valence electrons. The average molecular weight is 504 g/mol. The summed E-state index contributed by atoms with van der Waals surface area (Å²) in [7, 11) is 1.75. The molecule has 10 nitrogen and oxygen atoms in total. The van der Waals surface area contributed by atoms with E-state index in [0.717, 1.165) is 76.4 Å². The van der Waals surface area contributed by atoms with Gasteiger partial charge in [-0.15, -0.1) is 0 Å². The topological polar surface area (TPSA) is 134 Å². The summed E-state index contributed by atoms with van der Waals surface area (Å²) in [6, 6.07) is 5.35. The zero-order valence-electron chi connectivity index (χ0n) is 21.2. The van der Waals surface area contributed by atoms with Crippen molar-refractivity contribution >= 4 is 11.9 Å². The maximum Gasteiger partial charge on any atom is 0.300 e. The number of aliphatic hydroxyl groups excluding tert-OH is 1. The number of carboxylic acids is 2. The van der Waals surface area contributed by atoms with Crippen LogP contribution in [0.25, 0.3) is 11.4 Å². The molecule has 0 unspecified atom stereocenters. The number of ether oxygens (including phenoxy) is 2. The minimum Gasteiger partial charge on any atom is -0.496 e. The molecule has 0 spiro atoms. The lowest BCUT2D eigenvalue weighted by atomic mass is 10.0. The number of methoxy groups -OCH3 is 1. The van der Waals surface area contributed by atoms with Crippen LogP contribution in [0.15, 0.2) is 24.5 Å². The summed E-state index contributed by atoms with van der Waals surface area (Å²) >= 11 is 0. The number of fused-ring (bicyclic) bond motifs is 2. The Morgan fingerprint density at radius 2 is 1.78 bits per heavy atom. The number of hydrogen-bond donors (Lipinski definition) is 3. The Bertz CT molecular complexity index is 1020.